The quantitative estimate of drug-likeness (QED) is 0.603. The van der Waals surface area contributed by atoms with Crippen LogP contribution in [0.25, 0.3) is 0 Å². The summed E-state index contributed by atoms with van der Waals surface area (Å²) in [5, 5.41) is 0. The van der Waals surface area contributed by atoms with Gasteiger partial charge in [-0.3, -0.25) is 0 Å². The van der Waals surface area contributed by atoms with Gasteiger partial charge in [-0.25, -0.2) is 4.39 Å². The third kappa shape index (κ3) is 1.94. The lowest BCUT2D eigenvalue weighted by Crippen LogP contribution is -2.05. The highest BCUT2D eigenvalue weighted by Gasteiger charge is 2.22. The van der Waals surface area contributed by atoms with E-state index in [0.717, 1.165) is 32.2 Å². The van der Waals surface area contributed by atoms with E-state index in [0.29, 0.717) is 5.92 Å². The van der Waals surface area contributed by atoms with Crippen LogP contribution >= 0.6 is 0 Å². The Hall–Kier alpha value is -0.110. The fourth-order valence-corrected chi connectivity index (χ4v) is 1.51. The van der Waals surface area contributed by atoms with E-state index in [1.54, 1.807) is 0 Å². The maximum absolute atomic E-state index is 12.5. The number of alkyl halides is 1. The second-order valence-electron chi connectivity index (χ2n) is 2.85. The maximum Gasteiger partial charge on any atom is 0.100 e. The fraction of sp³-hybridized carbons (Fsp3) is 1.00. The summed E-state index contributed by atoms with van der Waals surface area (Å²) in [7, 11) is 0. The van der Waals surface area contributed by atoms with Gasteiger partial charge in [0.05, 0.1) is 0 Å². The van der Waals surface area contributed by atoms with Gasteiger partial charge in [0.25, 0.3) is 0 Å². The molecule has 9 heavy (non-hydrogen) atoms. The van der Waals surface area contributed by atoms with Gasteiger partial charge < -0.3 is 5.73 Å². The molecule has 1 aliphatic carbocycles. The third-order valence-electron chi connectivity index (χ3n) is 2.05. The first-order valence-corrected chi connectivity index (χ1v) is 3.67. The van der Waals surface area contributed by atoms with Gasteiger partial charge in [-0.1, -0.05) is 0 Å². The van der Waals surface area contributed by atoms with Crippen LogP contribution in [0.1, 0.15) is 25.7 Å². The summed E-state index contributed by atoms with van der Waals surface area (Å²) in [6.07, 6.45) is 3.07. The lowest BCUT2D eigenvalue weighted by Gasteiger charge is -2.03. The predicted octanol–water partition coefficient (Wildman–Crippen LogP) is 1.47. The number of hydrogen-bond donors (Lipinski definition) is 1. The van der Waals surface area contributed by atoms with Crippen molar-refractivity contribution in [2.75, 3.05) is 6.54 Å². The Balaban J connectivity index is 2.14. The molecular formula is C7H14FN. The van der Waals surface area contributed by atoms with Crippen LogP contribution in [0.2, 0.25) is 0 Å². The van der Waals surface area contributed by atoms with Crippen LogP contribution < -0.4 is 5.73 Å². The van der Waals surface area contributed by atoms with Crippen molar-refractivity contribution in [2.45, 2.75) is 31.9 Å². The summed E-state index contributed by atoms with van der Waals surface area (Å²) in [5.74, 6) is 0.588. The molecule has 1 nitrogen and oxygen atoms in total. The van der Waals surface area contributed by atoms with Crippen molar-refractivity contribution in [1.29, 1.82) is 0 Å². The van der Waals surface area contributed by atoms with Gasteiger partial charge in [-0.05, 0) is 38.1 Å². The van der Waals surface area contributed by atoms with Gasteiger partial charge in [0, 0.05) is 0 Å². The lowest BCUT2D eigenvalue weighted by molar-refractivity contribution is 0.328. The zero-order valence-corrected chi connectivity index (χ0v) is 5.65. The topological polar surface area (TPSA) is 26.0 Å². The van der Waals surface area contributed by atoms with Crippen molar-refractivity contribution in [1.82, 2.24) is 0 Å². The van der Waals surface area contributed by atoms with Crippen LogP contribution in [0.4, 0.5) is 4.39 Å². The van der Waals surface area contributed by atoms with Gasteiger partial charge in [0.1, 0.15) is 6.17 Å². The summed E-state index contributed by atoms with van der Waals surface area (Å²) in [6, 6.07) is 0. The Kier molecular flexibility index (Phi) is 2.46. The number of nitrogens with two attached hydrogens (primary N) is 1. The summed E-state index contributed by atoms with van der Waals surface area (Å²) in [4.78, 5) is 0. The van der Waals surface area contributed by atoms with Gasteiger partial charge >= 0.3 is 0 Å². The molecule has 1 rings (SSSR count). The van der Waals surface area contributed by atoms with E-state index >= 15 is 0 Å². The molecule has 0 bridgehead atoms. The van der Waals surface area contributed by atoms with Crippen molar-refractivity contribution in [3.8, 4) is 0 Å². The van der Waals surface area contributed by atoms with E-state index in [4.69, 9.17) is 5.73 Å². The first-order chi connectivity index (χ1) is 4.33. The van der Waals surface area contributed by atoms with Crippen molar-refractivity contribution in [2.24, 2.45) is 11.7 Å². The Morgan fingerprint density at radius 3 is 2.67 bits per heavy atom. The molecule has 0 unspecified atom stereocenters. The normalized spacial score (nSPS) is 35.3. The Labute approximate surface area is 55.4 Å². The molecule has 0 aliphatic heterocycles. The molecule has 0 radical (unpaired) electrons. The van der Waals surface area contributed by atoms with Crippen LogP contribution in [-0.2, 0) is 0 Å². The molecule has 2 heteroatoms. The van der Waals surface area contributed by atoms with E-state index in [-0.39, 0.29) is 0 Å². The molecule has 0 saturated heterocycles. The molecule has 0 amide bonds. The van der Waals surface area contributed by atoms with Gasteiger partial charge in [-0.15, -0.1) is 0 Å². The highest BCUT2D eigenvalue weighted by atomic mass is 19.1. The zero-order valence-electron chi connectivity index (χ0n) is 5.65. The van der Waals surface area contributed by atoms with Crippen LogP contribution in [0.3, 0.4) is 0 Å². The summed E-state index contributed by atoms with van der Waals surface area (Å²) >= 11 is 0. The summed E-state index contributed by atoms with van der Waals surface area (Å²) in [6.45, 7) is 0.720. The molecule has 1 saturated carbocycles. The second kappa shape index (κ2) is 3.16. The predicted molar refractivity (Wildman–Crippen MR) is 35.9 cm³/mol. The monoisotopic (exact) mass is 131 g/mol. The molecule has 2 N–H and O–H groups in total. The van der Waals surface area contributed by atoms with Crippen molar-refractivity contribution >= 4 is 0 Å². The molecule has 1 aliphatic rings. The van der Waals surface area contributed by atoms with E-state index in [1.165, 1.54) is 0 Å². The largest absolute Gasteiger partial charge is 0.330 e. The molecule has 0 aromatic heterocycles. The number of rotatable bonds is 2. The number of halogens is 1. The van der Waals surface area contributed by atoms with Crippen molar-refractivity contribution in [3.05, 3.63) is 0 Å². The fourth-order valence-electron chi connectivity index (χ4n) is 1.51. The van der Waals surface area contributed by atoms with E-state index in [1.807, 2.05) is 0 Å². The average molecular weight is 131 g/mol. The summed E-state index contributed by atoms with van der Waals surface area (Å²) in [5.41, 5.74) is 5.33. The van der Waals surface area contributed by atoms with E-state index in [9.17, 15) is 4.39 Å². The molecule has 0 aromatic carbocycles. The maximum atomic E-state index is 12.5. The first kappa shape index (κ1) is 7.00. The van der Waals surface area contributed by atoms with Gasteiger partial charge in [0.15, 0.2) is 0 Å². The second-order valence-corrected chi connectivity index (χ2v) is 2.85. The highest BCUT2D eigenvalue weighted by molar-refractivity contribution is 4.74. The van der Waals surface area contributed by atoms with Gasteiger partial charge in [-0.2, -0.15) is 0 Å². The number of hydrogen-bond acceptors (Lipinski definition) is 1. The van der Waals surface area contributed by atoms with Crippen LogP contribution in [0.5, 0.6) is 0 Å². The zero-order chi connectivity index (χ0) is 6.69. The molecule has 2 atom stereocenters. The lowest BCUT2D eigenvalue weighted by atomic mass is 10.0. The van der Waals surface area contributed by atoms with E-state index < -0.39 is 6.17 Å². The van der Waals surface area contributed by atoms with Crippen LogP contribution in [-0.4, -0.2) is 12.7 Å². The standard InChI is InChI=1S/C7H14FN/c8-7-2-1-6(5-7)3-4-9/h6-7H,1-5,9H2/t6-,7-/m1/s1. The van der Waals surface area contributed by atoms with Crippen molar-refractivity contribution in [3.63, 3.8) is 0 Å². The third-order valence-corrected chi connectivity index (χ3v) is 2.05. The van der Waals surface area contributed by atoms with Crippen LogP contribution in [0, 0.1) is 5.92 Å². The van der Waals surface area contributed by atoms with Gasteiger partial charge in [0.2, 0.25) is 0 Å². The minimum atomic E-state index is -0.526. The Bertz CT molecular complexity index is 83.0. The SMILES string of the molecule is NCC[C@H]1CC[C@@H](F)C1. The minimum absolute atomic E-state index is 0.526. The highest BCUT2D eigenvalue weighted by Crippen LogP contribution is 2.29. The summed E-state index contributed by atoms with van der Waals surface area (Å²) < 4.78 is 12.5. The first-order valence-electron chi connectivity index (χ1n) is 3.67. The average Bonchev–Trinajstić information content (AvgIpc) is 2.17. The Morgan fingerprint density at radius 2 is 2.22 bits per heavy atom. The van der Waals surface area contributed by atoms with E-state index in [2.05, 4.69) is 0 Å². The molecule has 0 aromatic rings. The molecule has 0 heterocycles. The minimum Gasteiger partial charge on any atom is -0.330 e. The Morgan fingerprint density at radius 1 is 1.44 bits per heavy atom. The van der Waals surface area contributed by atoms with Crippen molar-refractivity contribution < 1.29 is 4.39 Å². The molecule has 54 valence electrons. The van der Waals surface area contributed by atoms with Crippen LogP contribution in [0.15, 0.2) is 0 Å². The smallest absolute Gasteiger partial charge is 0.100 e. The molecule has 0 spiro atoms. The molecule has 1 fully saturated rings. The molecular weight excluding hydrogens is 117 g/mol.